The molecule has 0 radical (unpaired) electrons. The van der Waals surface area contributed by atoms with Crippen molar-refractivity contribution in [3.8, 4) is 0 Å². The van der Waals surface area contributed by atoms with Crippen molar-refractivity contribution in [2.24, 2.45) is 5.92 Å². The molecule has 0 bridgehead atoms. The Hall–Kier alpha value is -0.440. The molecule has 0 amide bonds. The molecule has 5 nitrogen and oxygen atoms in total. The smallest absolute Gasteiger partial charge is 0.325 e. The summed E-state index contributed by atoms with van der Waals surface area (Å²) in [6.45, 7) is 3.51. The average Bonchev–Trinajstić information content (AvgIpc) is 2.72. The van der Waals surface area contributed by atoms with Crippen LogP contribution in [0, 0.1) is 12.8 Å². The first-order valence-corrected chi connectivity index (χ1v) is 9.81. The number of hydrogen-bond acceptors (Lipinski definition) is 4. The highest BCUT2D eigenvalue weighted by atomic mass is 79.9. The predicted octanol–water partition coefficient (Wildman–Crippen LogP) is 3.13. The van der Waals surface area contributed by atoms with E-state index in [9.17, 15) is 18.3 Å². The van der Waals surface area contributed by atoms with Crippen molar-refractivity contribution in [3.05, 3.63) is 14.7 Å². The van der Waals surface area contributed by atoms with Crippen molar-refractivity contribution in [2.75, 3.05) is 0 Å². The molecule has 1 aromatic heterocycles. The first kappa shape index (κ1) is 16.9. The van der Waals surface area contributed by atoms with E-state index in [0.29, 0.717) is 27.9 Å². The minimum Gasteiger partial charge on any atom is -0.480 e. The third-order valence-corrected chi connectivity index (χ3v) is 7.45. The molecule has 1 heterocycles. The van der Waals surface area contributed by atoms with Gasteiger partial charge in [0.25, 0.3) is 0 Å². The van der Waals surface area contributed by atoms with Crippen LogP contribution in [0.25, 0.3) is 0 Å². The number of nitrogens with one attached hydrogen (secondary N) is 1. The molecule has 2 rings (SSSR count). The maximum Gasteiger partial charge on any atom is 0.325 e. The summed E-state index contributed by atoms with van der Waals surface area (Å²) >= 11 is 4.58. The molecule has 2 unspecified atom stereocenters. The topological polar surface area (TPSA) is 83.5 Å². The number of carboxylic acid groups (broad SMARTS) is 1. The van der Waals surface area contributed by atoms with Crippen molar-refractivity contribution in [1.82, 2.24) is 4.72 Å². The van der Waals surface area contributed by atoms with Gasteiger partial charge in [-0.15, -0.1) is 11.3 Å². The molecule has 1 aromatic rings. The Morgan fingerprint density at radius 3 is 2.67 bits per heavy atom. The van der Waals surface area contributed by atoms with Crippen LogP contribution in [0.5, 0.6) is 0 Å². The first-order valence-electron chi connectivity index (χ1n) is 6.72. The number of carboxylic acids is 1. The molecule has 118 valence electrons. The van der Waals surface area contributed by atoms with E-state index < -0.39 is 21.5 Å². The van der Waals surface area contributed by atoms with Crippen LogP contribution >= 0.6 is 27.3 Å². The molecule has 2 atom stereocenters. The third kappa shape index (κ3) is 3.18. The lowest BCUT2D eigenvalue weighted by molar-refractivity contribution is -0.147. The Kier molecular flexibility index (Phi) is 4.82. The maximum atomic E-state index is 12.6. The number of rotatable bonds is 4. The molecule has 0 aliphatic heterocycles. The zero-order chi connectivity index (χ0) is 15.8. The average molecular weight is 396 g/mol. The molecule has 1 saturated carbocycles. The van der Waals surface area contributed by atoms with Crippen LogP contribution in [-0.2, 0) is 14.8 Å². The lowest BCUT2D eigenvalue weighted by Crippen LogP contribution is -2.59. The van der Waals surface area contributed by atoms with Crippen molar-refractivity contribution < 1.29 is 18.3 Å². The summed E-state index contributed by atoms with van der Waals surface area (Å²) in [6.07, 6.45) is 2.68. The van der Waals surface area contributed by atoms with E-state index >= 15 is 0 Å². The van der Waals surface area contributed by atoms with Crippen LogP contribution < -0.4 is 4.72 Å². The second kappa shape index (κ2) is 5.98. The normalized spacial score (nSPS) is 26.7. The number of carbonyl (C=O) groups is 1. The lowest BCUT2D eigenvalue weighted by Gasteiger charge is -2.39. The molecule has 1 aliphatic rings. The second-order valence-corrected chi connectivity index (χ2v) is 9.79. The highest BCUT2D eigenvalue weighted by Gasteiger charge is 2.48. The van der Waals surface area contributed by atoms with Gasteiger partial charge in [-0.05, 0) is 47.7 Å². The number of aryl methyl sites for hydroxylation is 1. The fraction of sp³-hybridized carbons (Fsp3) is 0.615. The number of halogens is 1. The number of thiophene rings is 1. The van der Waals surface area contributed by atoms with E-state index in [0.717, 1.165) is 6.42 Å². The summed E-state index contributed by atoms with van der Waals surface area (Å²) in [6, 6.07) is 1.52. The number of hydrogen-bond donors (Lipinski definition) is 2. The van der Waals surface area contributed by atoms with E-state index in [4.69, 9.17) is 0 Å². The van der Waals surface area contributed by atoms with Gasteiger partial charge in [-0.1, -0.05) is 19.8 Å². The minimum atomic E-state index is -3.86. The Labute approximate surface area is 136 Å². The highest BCUT2D eigenvalue weighted by molar-refractivity contribution is 9.11. The van der Waals surface area contributed by atoms with Crippen LogP contribution in [0.15, 0.2) is 14.7 Å². The van der Waals surface area contributed by atoms with E-state index in [1.165, 1.54) is 17.4 Å². The van der Waals surface area contributed by atoms with Gasteiger partial charge < -0.3 is 5.11 Å². The zero-order valence-electron chi connectivity index (χ0n) is 11.8. The van der Waals surface area contributed by atoms with Gasteiger partial charge in [0.2, 0.25) is 10.0 Å². The summed E-state index contributed by atoms with van der Waals surface area (Å²) < 4.78 is 28.4. The lowest BCUT2D eigenvalue weighted by atomic mass is 9.74. The second-order valence-electron chi connectivity index (χ2n) is 5.50. The Balaban J connectivity index is 2.41. The van der Waals surface area contributed by atoms with Crippen LogP contribution in [0.2, 0.25) is 0 Å². The van der Waals surface area contributed by atoms with E-state index in [1.807, 2.05) is 0 Å². The number of sulfonamides is 1. The molecule has 8 heteroatoms. The molecule has 0 spiro atoms. The van der Waals surface area contributed by atoms with Gasteiger partial charge in [-0.3, -0.25) is 4.79 Å². The van der Waals surface area contributed by atoms with Gasteiger partial charge in [0.1, 0.15) is 5.54 Å². The third-order valence-electron chi connectivity index (χ3n) is 4.13. The molecule has 0 saturated heterocycles. The molecular weight excluding hydrogens is 378 g/mol. The molecular formula is C13H18BrNO4S2. The molecule has 2 N–H and O–H groups in total. The highest BCUT2D eigenvalue weighted by Crippen LogP contribution is 2.37. The Bertz CT molecular complexity index is 655. The number of aliphatic carboxylic acids is 1. The maximum absolute atomic E-state index is 12.6. The molecule has 1 aliphatic carbocycles. The van der Waals surface area contributed by atoms with Crippen LogP contribution in [0.4, 0.5) is 0 Å². The van der Waals surface area contributed by atoms with Crippen molar-refractivity contribution in [2.45, 2.75) is 50.0 Å². The first-order chi connectivity index (χ1) is 9.69. The van der Waals surface area contributed by atoms with Gasteiger partial charge in [0.15, 0.2) is 0 Å². The quantitative estimate of drug-likeness (QED) is 0.819. The monoisotopic (exact) mass is 395 g/mol. The molecule has 0 aromatic carbocycles. The van der Waals surface area contributed by atoms with Crippen LogP contribution in [0.3, 0.4) is 0 Å². The Morgan fingerprint density at radius 2 is 2.19 bits per heavy atom. The predicted molar refractivity (Wildman–Crippen MR) is 85.1 cm³/mol. The van der Waals surface area contributed by atoms with Gasteiger partial charge >= 0.3 is 5.97 Å². The minimum absolute atomic E-state index is 0.151. The molecule has 21 heavy (non-hydrogen) atoms. The SMILES string of the molecule is Cc1sc(Br)cc1S(=O)(=O)NC1(C(=O)O)CCCCC1C. The zero-order valence-corrected chi connectivity index (χ0v) is 15.1. The van der Waals surface area contributed by atoms with Crippen molar-refractivity contribution >= 4 is 43.3 Å². The summed E-state index contributed by atoms with van der Waals surface area (Å²) in [5.41, 5.74) is -1.40. The van der Waals surface area contributed by atoms with Gasteiger partial charge in [-0.2, -0.15) is 4.72 Å². The fourth-order valence-corrected chi connectivity index (χ4v) is 6.75. The van der Waals surface area contributed by atoms with E-state index in [2.05, 4.69) is 20.7 Å². The summed E-state index contributed by atoms with van der Waals surface area (Å²) in [4.78, 5) is 12.5. The van der Waals surface area contributed by atoms with E-state index in [-0.39, 0.29) is 10.8 Å². The van der Waals surface area contributed by atoms with E-state index in [1.54, 1.807) is 13.8 Å². The van der Waals surface area contributed by atoms with Crippen molar-refractivity contribution in [3.63, 3.8) is 0 Å². The van der Waals surface area contributed by atoms with Crippen LogP contribution in [0.1, 0.15) is 37.5 Å². The van der Waals surface area contributed by atoms with Gasteiger partial charge in [0.05, 0.1) is 8.68 Å². The van der Waals surface area contributed by atoms with Gasteiger partial charge in [-0.25, -0.2) is 8.42 Å². The Morgan fingerprint density at radius 1 is 1.52 bits per heavy atom. The summed E-state index contributed by atoms with van der Waals surface area (Å²) in [5.74, 6) is -1.33. The fourth-order valence-electron chi connectivity index (χ4n) is 2.85. The summed E-state index contributed by atoms with van der Waals surface area (Å²) in [7, 11) is -3.86. The summed E-state index contributed by atoms with van der Waals surface area (Å²) in [5, 5.41) is 9.61. The standard InChI is InChI=1S/C13H18BrNO4S2/c1-8-5-3-4-6-13(8,12(16)17)15-21(18,19)10-7-11(14)20-9(10)2/h7-8,15H,3-6H2,1-2H3,(H,16,17). The van der Waals surface area contributed by atoms with Crippen LogP contribution in [-0.4, -0.2) is 25.0 Å². The largest absolute Gasteiger partial charge is 0.480 e. The van der Waals surface area contributed by atoms with Gasteiger partial charge in [0, 0.05) is 4.88 Å². The molecule has 1 fully saturated rings. The van der Waals surface area contributed by atoms with Crippen molar-refractivity contribution in [1.29, 1.82) is 0 Å².